The molecule has 2 rings (SSSR count). The number of nitrogens with zero attached hydrogens (tertiary/aromatic N) is 1. The van der Waals surface area contributed by atoms with Crippen LogP contribution >= 0.6 is 24.0 Å². The van der Waals surface area contributed by atoms with E-state index in [2.05, 4.69) is 0 Å². The van der Waals surface area contributed by atoms with Crippen molar-refractivity contribution in [2.24, 2.45) is 0 Å². The third-order valence-electron chi connectivity index (χ3n) is 2.80. The predicted octanol–water partition coefficient (Wildman–Crippen LogP) is 2.26. The Kier molecular flexibility index (Phi) is 5.84. The monoisotopic (exact) mass is 323 g/mol. The first-order valence-corrected chi connectivity index (χ1v) is 7.05. The van der Waals surface area contributed by atoms with Crippen molar-refractivity contribution < 1.29 is 19.5 Å². The molecule has 1 aliphatic rings. The van der Waals surface area contributed by atoms with E-state index in [4.69, 9.17) is 21.8 Å². The van der Waals surface area contributed by atoms with Gasteiger partial charge in [-0.3, -0.25) is 9.69 Å². The molecule has 0 atom stereocenters. The van der Waals surface area contributed by atoms with Gasteiger partial charge in [0.25, 0.3) is 5.91 Å². The molecule has 0 unspecified atom stereocenters. The molecule has 5 nitrogen and oxygen atoms in total. The van der Waals surface area contributed by atoms with Crippen LogP contribution in [0.2, 0.25) is 0 Å². The maximum Gasteiger partial charge on any atom is 0.373 e. The molecule has 0 aromatic heterocycles. The number of hydrogen-bond donors (Lipinski definition) is 1. The highest BCUT2D eigenvalue weighted by molar-refractivity contribution is 8.26. The van der Waals surface area contributed by atoms with Crippen LogP contribution in [-0.2, 0) is 14.4 Å². The van der Waals surface area contributed by atoms with Crippen molar-refractivity contribution in [1.29, 1.82) is 0 Å². The van der Waals surface area contributed by atoms with Gasteiger partial charge >= 0.3 is 6.15 Å². The minimum Gasteiger partial charge on any atom is -0.507 e. The molecule has 1 N–H and O–H groups in total. The molecule has 21 heavy (non-hydrogen) atoms. The number of rotatable bonds is 1. The van der Waals surface area contributed by atoms with Gasteiger partial charge in [0.05, 0.1) is 4.91 Å². The fraction of sp³-hybridized carbons (Fsp3) is 0.214. The van der Waals surface area contributed by atoms with Gasteiger partial charge in [-0.05, 0) is 48.7 Å². The first-order chi connectivity index (χ1) is 9.81. The number of hydrogen-bond acceptors (Lipinski definition) is 6. The van der Waals surface area contributed by atoms with Crippen LogP contribution in [0.4, 0.5) is 0 Å². The summed E-state index contributed by atoms with van der Waals surface area (Å²) in [6, 6.07) is 3.70. The summed E-state index contributed by atoms with van der Waals surface area (Å²) in [5.41, 5.74) is 2.50. The van der Waals surface area contributed by atoms with Crippen molar-refractivity contribution in [2.45, 2.75) is 13.8 Å². The Bertz CT molecular complexity index is 638. The maximum atomic E-state index is 11.9. The first kappa shape index (κ1) is 17.1. The lowest BCUT2D eigenvalue weighted by atomic mass is 10.1. The number of likely N-dealkylation sites (N-methyl/N-ethyl adjacent to an activating group) is 1. The van der Waals surface area contributed by atoms with Crippen molar-refractivity contribution in [3.63, 3.8) is 0 Å². The second-order valence-electron chi connectivity index (χ2n) is 4.33. The summed E-state index contributed by atoms with van der Waals surface area (Å²) in [4.78, 5) is 30.2. The van der Waals surface area contributed by atoms with Gasteiger partial charge in [0.1, 0.15) is 10.1 Å². The summed E-state index contributed by atoms with van der Waals surface area (Å²) in [5.74, 6) is 0.226. The molecule has 1 heterocycles. The summed E-state index contributed by atoms with van der Waals surface area (Å²) in [6.07, 6.45) is 2.06. The van der Waals surface area contributed by atoms with Crippen LogP contribution in [0.15, 0.2) is 17.0 Å². The summed E-state index contributed by atoms with van der Waals surface area (Å²) in [6.45, 7) is 3.68. The molecule has 1 aromatic carbocycles. The van der Waals surface area contributed by atoms with E-state index in [1.165, 1.54) is 16.7 Å². The molecule has 1 aliphatic heterocycles. The van der Waals surface area contributed by atoms with Crippen LogP contribution in [0.25, 0.3) is 6.08 Å². The van der Waals surface area contributed by atoms with Crippen LogP contribution in [0.1, 0.15) is 16.7 Å². The summed E-state index contributed by atoms with van der Waals surface area (Å²) >= 11 is 6.37. The van der Waals surface area contributed by atoms with Gasteiger partial charge in [-0.25, -0.2) is 0 Å². The van der Waals surface area contributed by atoms with E-state index in [9.17, 15) is 9.90 Å². The highest BCUT2D eigenvalue weighted by Crippen LogP contribution is 2.32. The Labute approximate surface area is 131 Å². The molecule has 1 saturated heterocycles. The number of aryl methyl sites for hydroxylation is 2. The SMILES string of the molecule is Cc1cc(/C=C2\SC(=S)N(C)C2=O)cc(C)c1O.O=C=O. The third-order valence-corrected chi connectivity index (χ3v) is 4.28. The average molecular weight is 323 g/mol. The highest BCUT2D eigenvalue weighted by Gasteiger charge is 2.28. The molecule has 1 amide bonds. The molecule has 1 fully saturated rings. The van der Waals surface area contributed by atoms with E-state index in [1.807, 2.05) is 32.1 Å². The number of carbonyl (C=O) groups is 1. The maximum absolute atomic E-state index is 11.9. The summed E-state index contributed by atoms with van der Waals surface area (Å²) < 4.78 is 0.568. The van der Waals surface area contributed by atoms with Crippen LogP contribution < -0.4 is 0 Å². The van der Waals surface area contributed by atoms with Crippen LogP contribution in [0.5, 0.6) is 5.75 Å². The van der Waals surface area contributed by atoms with Crippen molar-refractivity contribution in [1.82, 2.24) is 4.90 Å². The minimum absolute atomic E-state index is 0.0756. The standard InChI is InChI=1S/C13H13NO2S2.CO2/c1-7-4-9(5-8(2)11(7)15)6-10-12(16)14(3)13(17)18-10;2-1-3/h4-6,15H,1-3H3;/b10-6-;. The number of benzene rings is 1. The molecule has 1 aromatic rings. The quantitative estimate of drug-likeness (QED) is 0.631. The van der Waals surface area contributed by atoms with Gasteiger partial charge in [0.15, 0.2) is 0 Å². The van der Waals surface area contributed by atoms with Crippen LogP contribution in [0, 0.1) is 13.8 Å². The number of carbonyl (C=O) groups excluding carboxylic acids is 3. The average Bonchev–Trinajstić information content (AvgIpc) is 2.64. The number of thiocarbonyl (C=S) groups is 1. The number of phenols is 1. The molecule has 0 aliphatic carbocycles. The van der Waals surface area contributed by atoms with E-state index in [0.29, 0.717) is 15.0 Å². The Morgan fingerprint density at radius 3 is 2.14 bits per heavy atom. The largest absolute Gasteiger partial charge is 0.507 e. The van der Waals surface area contributed by atoms with Crippen molar-refractivity contribution >= 4 is 46.4 Å². The molecular formula is C14H13NO4S2. The minimum atomic E-state index is -0.0756. The van der Waals surface area contributed by atoms with E-state index in [0.717, 1.165) is 16.7 Å². The van der Waals surface area contributed by atoms with Gasteiger partial charge in [0.2, 0.25) is 0 Å². The zero-order valence-corrected chi connectivity index (χ0v) is 13.3. The second-order valence-corrected chi connectivity index (χ2v) is 6.00. The van der Waals surface area contributed by atoms with Gasteiger partial charge in [0, 0.05) is 7.05 Å². The van der Waals surface area contributed by atoms with Gasteiger partial charge < -0.3 is 5.11 Å². The zero-order valence-electron chi connectivity index (χ0n) is 11.7. The zero-order chi connectivity index (χ0) is 16.2. The van der Waals surface area contributed by atoms with Crippen molar-refractivity contribution in [3.05, 3.63) is 33.7 Å². The lowest BCUT2D eigenvalue weighted by Gasteiger charge is -2.05. The fourth-order valence-corrected chi connectivity index (χ4v) is 2.95. The number of amides is 1. The molecule has 0 spiro atoms. The normalized spacial score (nSPS) is 15.8. The number of phenolic OH excluding ortho intramolecular Hbond substituents is 1. The van der Waals surface area contributed by atoms with Gasteiger partial charge in [-0.1, -0.05) is 24.0 Å². The topological polar surface area (TPSA) is 74.7 Å². The highest BCUT2D eigenvalue weighted by atomic mass is 32.2. The van der Waals surface area contributed by atoms with Crippen molar-refractivity contribution in [2.75, 3.05) is 7.05 Å². The van der Waals surface area contributed by atoms with E-state index in [1.54, 1.807) is 7.05 Å². The molecule has 0 radical (unpaired) electrons. The molecular weight excluding hydrogens is 310 g/mol. The van der Waals surface area contributed by atoms with Gasteiger partial charge in [-0.15, -0.1) is 0 Å². The summed E-state index contributed by atoms with van der Waals surface area (Å²) in [5, 5.41) is 9.71. The lowest BCUT2D eigenvalue weighted by Crippen LogP contribution is -2.22. The molecule has 0 saturated carbocycles. The lowest BCUT2D eigenvalue weighted by molar-refractivity contribution is -0.191. The Morgan fingerprint density at radius 2 is 1.76 bits per heavy atom. The first-order valence-electron chi connectivity index (χ1n) is 5.82. The molecule has 7 heteroatoms. The van der Waals surface area contributed by atoms with E-state index in [-0.39, 0.29) is 12.1 Å². The van der Waals surface area contributed by atoms with Gasteiger partial charge in [-0.2, -0.15) is 9.59 Å². The van der Waals surface area contributed by atoms with Crippen molar-refractivity contribution in [3.8, 4) is 5.75 Å². The van der Waals surface area contributed by atoms with Crippen LogP contribution in [0.3, 0.4) is 0 Å². The Hall–Kier alpha value is -1.95. The predicted molar refractivity (Wildman–Crippen MR) is 83.5 cm³/mol. The number of thioether (sulfide) groups is 1. The smallest absolute Gasteiger partial charge is 0.373 e. The van der Waals surface area contributed by atoms with Crippen LogP contribution in [-0.4, -0.2) is 33.4 Å². The van der Waals surface area contributed by atoms with E-state index < -0.39 is 0 Å². The molecule has 0 bridgehead atoms. The fourth-order valence-electron chi connectivity index (χ4n) is 1.77. The van der Waals surface area contributed by atoms with E-state index >= 15 is 0 Å². The molecule has 110 valence electrons. The third kappa shape index (κ3) is 4.01. The Balaban J connectivity index is 0.000000677. The second kappa shape index (κ2) is 7.17. The number of aromatic hydroxyl groups is 1. The Morgan fingerprint density at radius 1 is 1.29 bits per heavy atom. The summed E-state index contributed by atoms with van der Waals surface area (Å²) in [7, 11) is 1.67.